The van der Waals surface area contributed by atoms with Crippen molar-refractivity contribution in [2.24, 2.45) is 29.4 Å². The molecule has 28 heavy (non-hydrogen) atoms. The van der Waals surface area contributed by atoms with Crippen molar-refractivity contribution in [3.63, 3.8) is 0 Å². The smallest absolute Gasteiger partial charge is 0.267 e. The number of amides is 1. The van der Waals surface area contributed by atoms with Crippen molar-refractivity contribution < 1.29 is 18.3 Å². The van der Waals surface area contributed by atoms with Crippen molar-refractivity contribution >= 4 is 5.91 Å². The van der Waals surface area contributed by atoms with E-state index in [1.807, 2.05) is 6.07 Å². The predicted octanol–water partition coefficient (Wildman–Crippen LogP) is 2.80. The van der Waals surface area contributed by atoms with Gasteiger partial charge >= 0.3 is 0 Å². The second-order valence-electron chi connectivity index (χ2n) is 9.08. The number of likely N-dealkylation sites (tertiary alicyclic amines) is 1. The highest BCUT2D eigenvalue weighted by Crippen LogP contribution is 2.65. The Labute approximate surface area is 163 Å². The molecule has 2 N–H and O–H groups in total. The van der Waals surface area contributed by atoms with Gasteiger partial charge < -0.3 is 10.5 Å². The number of primary amides is 1. The maximum Gasteiger partial charge on any atom is 0.267 e. The van der Waals surface area contributed by atoms with Crippen LogP contribution in [-0.2, 0) is 10.3 Å². The second kappa shape index (κ2) is 6.20. The molecule has 5 atom stereocenters. The molecule has 1 amide bonds. The topological polar surface area (TPSA) is 68.5 Å². The van der Waals surface area contributed by atoms with Crippen LogP contribution in [0.4, 0.5) is 8.78 Å². The number of nitrogens with zero attached hydrogens (tertiary/aromatic N) is 2. The largest absolute Gasteiger partial charge is 0.373 e. The molecule has 0 aromatic carbocycles. The van der Waals surface area contributed by atoms with E-state index in [4.69, 9.17) is 10.5 Å². The first kappa shape index (κ1) is 18.4. The summed E-state index contributed by atoms with van der Waals surface area (Å²) in [5, 5.41) is 0. The highest BCUT2D eigenvalue weighted by atomic mass is 19.3. The van der Waals surface area contributed by atoms with E-state index < -0.39 is 29.3 Å². The second-order valence-corrected chi connectivity index (χ2v) is 9.08. The minimum atomic E-state index is -2.42. The number of aromatic nitrogens is 1. The fourth-order valence-electron chi connectivity index (χ4n) is 6.58. The SMILES string of the molecule is COC1(c2ccnc(C(N)=O)c2)C2CCCC1CN([C@H]1C[C@@H]3[C@H](C1)C3(F)F)C2. The molecule has 4 fully saturated rings. The maximum absolute atomic E-state index is 13.6. The fraction of sp³-hybridized carbons (Fsp3) is 0.714. The summed E-state index contributed by atoms with van der Waals surface area (Å²) in [4.78, 5) is 18.2. The van der Waals surface area contributed by atoms with E-state index in [2.05, 4.69) is 9.88 Å². The van der Waals surface area contributed by atoms with Gasteiger partial charge in [0.1, 0.15) is 11.3 Å². The lowest BCUT2D eigenvalue weighted by Gasteiger charge is -2.56. The third-order valence-corrected chi connectivity index (χ3v) is 7.96. The Hall–Kier alpha value is -1.60. The monoisotopic (exact) mass is 391 g/mol. The molecular weight excluding hydrogens is 364 g/mol. The number of hydrogen-bond donors (Lipinski definition) is 1. The lowest BCUT2D eigenvalue weighted by Crippen LogP contribution is -2.60. The van der Waals surface area contributed by atoms with E-state index >= 15 is 0 Å². The number of fused-ring (bicyclic) bond motifs is 3. The van der Waals surface area contributed by atoms with Gasteiger partial charge in [-0.1, -0.05) is 6.42 Å². The quantitative estimate of drug-likeness (QED) is 0.857. The highest BCUT2D eigenvalue weighted by Gasteiger charge is 2.72. The maximum atomic E-state index is 13.6. The van der Waals surface area contributed by atoms with Crippen molar-refractivity contribution in [1.29, 1.82) is 0 Å². The summed E-state index contributed by atoms with van der Waals surface area (Å²) in [6, 6.07) is 3.98. The molecule has 1 aromatic heterocycles. The van der Waals surface area contributed by atoms with Crippen LogP contribution in [0.1, 0.15) is 48.2 Å². The molecule has 5 nitrogen and oxygen atoms in total. The Morgan fingerprint density at radius 1 is 1.25 bits per heavy atom. The summed E-state index contributed by atoms with van der Waals surface area (Å²) in [6.45, 7) is 1.71. The van der Waals surface area contributed by atoms with Gasteiger partial charge in [-0.05, 0) is 43.4 Å². The van der Waals surface area contributed by atoms with Crippen molar-refractivity contribution in [2.45, 2.75) is 49.7 Å². The van der Waals surface area contributed by atoms with E-state index in [9.17, 15) is 13.6 Å². The predicted molar refractivity (Wildman–Crippen MR) is 98.8 cm³/mol. The molecule has 1 aromatic rings. The number of methoxy groups -OCH3 is 1. The molecule has 2 bridgehead atoms. The average Bonchev–Trinajstić information content (AvgIpc) is 3.01. The van der Waals surface area contributed by atoms with Gasteiger partial charge in [-0.25, -0.2) is 8.78 Å². The molecule has 3 saturated carbocycles. The van der Waals surface area contributed by atoms with Gasteiger partial charge in [0, 0.05) is 56.1 Å². The van der Waals surface area contributed by atoms with E-state index in [-0.39, 0.29) is 23.6 Å². The fourth-order valence-corrected chi connectivity index (χ4v) is 6.58. The van der Waals surface area contributed by atoms with Gasteiger partial charge in [-0.3, -0.25) is 14.7 Å². The van der Waals surface area contributed by atoms with E-state index in [0.717, 1.165) is 37.9 Å². The first-order valence-corrected chi connectivity index (χ1v) is 10.3. The normalized spacial score (nSPS) is 41.5. The number of hydrogen-bond acceptors (Lipinski definition) is 4. The van der Waals surface area contributed by atoms with Gasteiger partial charge in [0.05, 0.1) is 0 Å². The Bertz CT molecular complexity index is 774. The molecule has 2 heterocycles. The van der Waals surface area contributed by atoms with Crippen molar-refractivity contribution in [2.75, 3.05) is 20.2 Å². The zero-order chi connectivity index (χ0) is 19.7. The highest BCUT2D eigenvalue weighted by molar-refractivity contribution is 5.90. The van der Waals surface area contributed by atoms with Crippen LogP contribution in [0.15, 0.2) is 18.3 Å². The summed E-state index contributed by atoms with van der Waals surface area (Å²) < 4.78 is 33.5. The van der Waals surface area contributed by atoms with E-state index in [0.29, 0.717) is 12.8 Å². The van der Waals surface area contributed by atoms with Crippen LogP contribution in [0.5, 0.6) is 0 Å². The van der Waals surface area contributed by atoms with Crippen LogP contribution in [-0.4, -0.2) is 48.0 Å². The summed E-state index contributed by atoms with van der Waals surface area (Å²) in [5.41, 5.74) is 6.20. The lowest BCUT2D eigenvalue weighted by atomic mass is 9.62. The Morgan fingerprint density at radius 3 is 2.46 bits per heavy atom. The van der Waals surface area contributed by atoms with Crippen LogP contribution in [0.3, 0.4) is 0 Å². The Balaban J connectivity index is 1.42. The number of halogens is 2. The van der Waals surface area contributed by atoms with Crippen LogP contribution in [0.25, 0.3) is 0 Å². The van der Waals surface area contributed by atoms with E-state index in [1.54, 1.807) is 19.4 Å². The first-order chi connectivity index (χ1) is 13.4. The summed E-state index contributed by atoms with van der Waals surface area (Å²) in [5.74, 6) is -3.21. The van der Waals surface area contributed by atoms with Crippen LogP contribution >= 0.6 is 0 Å². The molecule has 2 unspecified atom stereocenters. The van der Waals surface area contributed by atoms with Crippen LogP contribution in [0.2, 0.25) is 0 Å². The minimum absolute atomic E-state index is 0.257. The minimum Gasteiger partial charge on any atom is -0.373 e. The summed E-state index contributed by atoms with van der Waals surface area (Å²) >= 11 is 0. The van der Waals surface area contributed by atoms with Crippen molar-refractivity contribution in [1.82, 2.24) is 9.88 Å². The van der Waals surface area contributed by atoms with E-state index in [1.165, 1.54) is 0 Å². The zero-order valence-corrected chi connectivity index (χ0v) is 16.1. The molecule has 1 saturated heterocycles. The summed E-state index contributed by atoms with van der Waals surface area (Å²) in [7, 11) is 1.75. The van der Waals surface area contributed by atoms with Gasteiger partial charge in [-0.2, -0.15) is 0 Å². The molecule has 0 spiro atoms. The Morgan fingerprint density at radius 2 is 1.89 bits per heavy atom. The van der Waals surface area contributed by atoms with Gasteiger partial charge in [0.2, 0.25) is 0 Å². The Kier molecular flexibility index (Phi) is 4.08. The van der Waals surface area contributed by atoms with Gasteiger partial charge in [0.15, 0.2) is 0 Å². The molecular formula is C21H27F2N3O2. The van der Waals surface area contributed by atoms with Crippen molar-refractivity contribution in [3.8, 4) is 0 Å². The standard InChI is InChI=1S/C21H27F2N3O2/c1-28-20(12-5-6-25-18(7-12)19(24)27)13-3-2-4-14(20)11-26(10-13)15-8-16-17(9-15)21(16,22)23/h5-7,13-17H,2-4,8-11H2,1H3,(H2,24,27)/t13?,14?,15-,16+,17-,20?. The lowest BCUT2D eigenvalue weighted by molar-refractivity contribution is -0.175. The number of pyridine rings is 1. The third kappa shape index (κ3) is 2.48. The molecule has 4 aliphatic rings. The molecule has 1 aliphatic heterocycles. The number of alkyl halides is 2. The number of rotatable bonds is 4. The van der Waals surface area contributed by atoms with Crippen LogP contribution in [0, 0.1) is 23.7 Å². The zero-order valence-electron chi connectivity index (χ0n) is 16.1. The average molecular weight is 391 g/mol. The number of piperidine rings is 1. The molecule has 3 aliphatic carbocycles. The number of ether oxygens (including phenoxy) is 1. The third-order valence-electron chi connectivity index (χ3n) is 7.96. The number of carbonyl (C=O) groups excluding carboxylic acids is 1. The summed E-state index contributed by atoms with van der Waals surface area (Å²) in [6.07, 6.45) is 6.09. The molecule has 7 heteroatoms. The number of carbonyl (C=O) groups is 1. The number of nitrogens with two attached hydrogens (primary N) is 1. The first-order valence-electron chi connectivity index (χ1n) is 10.3. The molecule has 152 valence electrons. The molecule has 0 radical (unpaired) electrons. The van der Waals surface area contributed by atoms with Gasteiger partial charge in [0.25, 0.3) is 11.8 Å². The van der Waals surface area contributed by atoms with Crippen molar-refractivity contribution in [3.05, 3.63) is 29.6 Å². The molecule has 5 rings (SSSR count). The van der Waals surface area contributed by atoms with Crippen LogP contribution < -0.4 is 5.73 Å². The van der Waals surface area contributed by atoms with Gasteiger partial charge in [-0.15, -0.1) is 0 Å².